The molecule has 1 unspecified atom stereocenters. The number of benzene rings is 3. The molecule has 0 saturated carbocycles. The van der Waals surface area contributed by atoms with E-state index < -0.39 is 6.04 Å². The third-order valence-corrected chi connectivity index (χ3v) is 7.34. The van der Waals surface area contributed by atoms with Crippen molar-refractivity contribution in [2.45, 2.75) is 50.8 Å². The van der Waals surface area contributed by atoms with E-state index in [9.17, 15) is 9.59 Å². The van der Waals surface area contributed by atoms with Crippen molar-refractivity contribution in [2.24, 2.45) is 16.5 Å². The van der Waals surface area contributed by atoms with E-state index in [-0.39, 0.29) is 29.9 Å². The summed E-state index contributed by atoms with van der Waals surface area (Å²) in [5, 5.41) is 8.71. The van der Waals surface area contributed by atoms with Crippen molar-refractivity contribution < 1.29 is 14.3 Å². The number of carbonyl (C=O) groups is 2. The third kappa shape index (κ3) is 8.77. The summed E-state index contributed by atoms with van der Waals surface area (Å²) in [6, 6.07) is 23.2. The van der Waals surface area contributed by atoms with Crippen molar-refractivity contribution in [3.8, 4) is 0 Å². The number of nitrogens with two attached hydrogens (primary N) is 2. The van der Waals surface area contributed by atoms with Gasteiger partial charge in [0.2, 0.25) is 5.91 Å². The summed E-state index contributed by atoms with van der Waals surface area (Å²) in [6.45, 7) is 4.57. The van der Waals surface area contributed by atoms with Crippen LogP contribution in [-0.2, 0) is 9.53 Å². The molecule has 41 heavy (non-hydrogen) atoms. The van der Waals surface area contributed by atoms with Gasteiger partial charge in [0.25, 0.3) is 5.91 Å². The van der Waals surface area contributed by atoms with Crippen molar-refractivity contribution in [1.82, 2.24) is 15.5 Å². The van der Waals surface area contributed by atoms with Gasteiger partial charge in [0, 0.05) is 37.8 Å². The molecule has 0 spiro atoms. The van der Waals surface area contributed by atoms with Gasteiger partial charge in [0.15, 0.2) is 5.96 Å². The molecule has 4 rings (SSSR count). The van der Waals surface area contributed by atoms with Crippen LogP contribution >= 0.6 is 0 Å². The number of hydrogen-bond donors (Lipinski definition) is 4. The summed E-state index contributed by atoms with van der Waals surface area (Å²) in [4.78, 5) is 32.8. The van der Waals surface area contributed by atoms with Gasteiger partial charge in [-0.2, -0.15) is 0 Å². The number of fused-ring (bicyclic) bond motifs is 1. The lowest BCUT2D eigenvalue weighted by atomic mass is 10.1. The predicted octanol–water partition coefficient (Wildman–Crippen LogP) is 3.35. The number of hydrogen-bond acceptors (Lipinski definition) is 5. The minimum atomic E-state index is -0.420. The fraction of sp³-hybridized carbons (Fsp3) is 0.406. The number of ether oxygens (including phenoxy) is 1. The molecule has 3 atom stereocenters. The second-order valence-electron chi connectivity index (χ2n) is 10.5. The SMILES string of the molecule is CCCOC(CN1CC[C@H](CNC(=O)c2ccc3ccccc3c2)N[C@H](CCCN=C(N)N)C1=O)c1ccccc1. The van der Waals surface area contributed by atoms with E-state index in [4.69, 9.17) is 16.2 Å². The maximum Gasteiger partial charge on any atom is 0.251 e. The normalized spacial score (nSPS) is 18.1. The molecular formula is C32H42N6O3. The second-order valence-corrected chi connectivity index (χ2v) is 10.5. The summed E-state index contributed by atoms with van der Waals surface area (Å²) in [5.41, 5.74) is 12.6. The standard InChI is InChI=1S/C32H42N6O3/c1-2-19-41-29(24-10-4-3-5-11-24)22-38-18-16-27(37-28(31(38)40)13-8-17-35-32(33)34)21-36-30(39)26-15-14-23-9-6-7-12-25(23)20-26/h3-7,9-12,14-15,20,27-29,37H,2,8,13,16-19,21-22H2,1H3,(H,36,39)(H4,33,34,35)/t27-,28-,29?/m1/s1. The monoisotopic (exact) mass is 558 g/mol. The minimum Gasteiger partial charge on any atom is -0.372 e. The summed E-state index contributed by atoms with van der Waals surface area (Å²) >= 11 is 0. The van der Waals surface area contributed by atoms with Crippen LogP contribution < -0.4 is 22.1 Å². The average Bonchev–Trinajstić information content (AvgIpc) is 3.14. The number of guanidine groups is 1. The largest absolute Gasteiger partial charge is 0.372 e. The Morgan fingerprint density at radius 1 is 1.10 bits per heavy atom. The van der Waals surface area contributed by atoms with Crippen molar-refractivity contribution in [3.63, 3.8) is 0 Å². The lowest BCUT2D eigenvalue weighted by Gasteiger charge is -2.29. The first-order chi connectivity index (χ1) is 19.9. The Morgan fingerprint density at radius 2 is 1.85 bits per heavy atom. The van der Waals surface area contributed by atoms with Crippen LogP contribution in [0.4, 0.5) is 0 Å². The van der Waals surface area contributed by atoms with Crippen LogP contribution in [0.25, 0.3) is 10.8 Å². The molecule has 0 radical (unpaired) electrons. The van der Waals surface area contributed by atoms with Gasteiger partial charge in [-0.05, 0) is 54.2 Å². The number of carbonyl (C=O) groups excluding carboxylic acids is 2. The van der Waals surface area contributed by atoms with E-state index in [0.29, 0.717) is 57.6 Å². The molecule has 1 fully saturated rings. The first-order valence-corrected chi connectivity index (χ1v) is 14.5. The molecule has 2 amide bonds. The van der Waals surface area contributed by atoms with Crippen LogP contribution in [-0.4, -0.2) is 67.5 Å². The summed E-state index contributed by atoms with van der Waals surface area (Å²) in [6.07, 6.45) is 2.60. The fourth-order valence-electron chi connectivity index (χ4n) is 5.16. The highest BCUT2D eigenvalue weighted by Gasteiger charge is 2.32. The van der Waals surface area contributed by atoms with Gasteiger partial charge in [-0.15, -0.1) is 0 Å². The van der Waals surface area contributed by atoms with Crippen LogP contribution in [0.3, 0.4) is 0 Å². The summed E-state index contributed by atoms with van der Waals surface area (Å²) in [5.74, 6) is -0.0645. The lowest BCUT2D eigenvalue weighted by Crippen LogP contribution is -2.49. The van der Waals surface area contributed by atoms with Gasteiger partial charge >= 0.3 is 0 Å². The van der Waals surface area contributed by atoms with E-state index in [0.717, 1.165) is 22.8 Å². The van der Waals surface area contributed by atoms with E-state index in [1.54, 1.807) is 0 Å². The number of amides is 2. The Hall–Kier alpha value is -3.95. The Balaban J connectivity index is 1.45. The second kappa shape index (κ2) is 15.2. The quantitative estimate of drug-likeness (QED) is 0.144. The van der Waals surface area contributed by atoms with E-state index in [1.165, 1.54) is 0 Å². The van der Waals surface area contributed by atoms with Crippen LogP contribution in [0.5, 0.6) is 0 Å². The molecule has 1 aliphatic heterocycles. The van der Waals surface area contributed by atoms with Gasteiger partial charge in [0.05, 0.1) is 12.6 Å². The first kappa shape index (κ1) is 30.0. The molecule has 9 nitrogen and oxygen atoms in total. The van der Waals surface area contributed by atoms with Gasteiger partial charge in [-0.3, -0.25) is 14.6 Å². The van der Waals surface area contributed by atoms with Crippen LogP contribution in [0.15, 0.2) is 77.8 Å². The Morgan fingerprint density at radius 3 is 2.61 bits per heavy atom. The zero-order chi connectivity index (χ0) is 29.0. The topological polar surface area (TPSA) is 135 Å². The lowest BCUT2D eigenvalue weighted by molar-refractivity contribution is -0.135. The molecule has 6 N–H and O–H groups in total. The van der Waals surface area contributed by atoms with Crippen LogP contribution in [0.2, 0.25) is 0 Å². The molecular weight excluding hydrogens is 516 g/mol. The maximum atomic E-state index is 13.8. The number of nitrogens with one attached hydrogen (secondary N) is 2. The molecule has 3 aromatic carbocycles. The van der Waals surface area contributed by atoms with E-state index >= 15 is 0 Å². The Labute approximate surface area is 242 Å². The first-order valence-electron chi connectivity index (χ1n) is 14.5. The predicted molar refractivity (Wildman–Crippen MR) is 164 cm³/mol. The van der Waals surface area contributed by atoms with Gasteiger partial charge in [-0.25, -0.2) is 0 Å². The summed E-state index contributed by atoms with van der Waals surface area (Å²) in [7, 11) is 0. The van der Waals surface area contributed by atoms with Gasteiger partial charge < -0.3 is 31.7 Å². The fourth-order valence-corrected chi connectivity index (χ4v) is 5.16. The molecule has 9 heteroatoms. The highest BCUT2D eigenvalue weighted by molar-refractivity contribution is 5.98. The summed E-state index contributed by atoms with van der Waals surface area (Å²) < 4.78 is 6.20. The van der Waals surface area contributed by atoms with E-state index in [2.05, 4.69) is 22.5 Å². The molecule has 3 aromatic rings. The van der Waals surface area contributed by atoms with Crippen LogP contribution in [0.1, 0.15) is 54.6 Å². The number of aliphatic imine (C=N–C) groups is 1. The number of nitrogens with zero attached hydrogens (tertiary/aromatic N) is 2. The molecule has 1 saturated heterocycles. The van der Waals surface area contributed by atoms with Crippen molar-refractivity contribution in [1.29, 1.82) is 0 Å². The van der Waals surface area contributed by atoms with Crippen molar-refractivity contribution in [2.75, 3.05) is 32.8 Å². The highest BCUT2D eigenvalue weighted by atomic mass is 16.5. The van der Waals surface area contributed by atoms with E-state index in [1.807, 2.05) is 77.7 Å². The molecule has 1 aliphatic rings. The number of rotatable bonds is 13. The molecule has 1 heterocycles. The Kier molecular flexibility index (Phi) is 11.1. The molecule has 0 bridgehead atoms. The average molecular weight is 559 g/mol. The van der Waals surface area contributed by atoms with Crippen molar-refractivity contribution in [3.05, 3.63) is 83.9 Å². The minimum absolute atomic E-state index is 0.0269. The maximum absolute atomic E-state index is 13.8. The van der Waals surface area contributed by atoms with Crippen LogP contribution in [0, 0.1) is 0 Å². The van der Waals surface area contributed by atoms with Crippen molar-refractivity contribution >= 4 is 28.5 Å². The zero-order valence-electron chi connectivity index (χ0n) is 23.8. The molecule has 218 valence electrons. The van der Waals surface area contributed by atoms with Gasteiger partial charge in [-0.1, -0.05) is 67.6 Å². The molecule has 0 aromatic heterocycles. The van der Waals surface area contributed by atoms with Gasteiger partial charge in [0.1, 0.15) is 6.10 Å². The third-order valence-electron chi connectivity index (χ3n) is 7.34. The smallest absolute Gasteiger partial charge is 0.251 e. The Bertz CT molecular complexity index is 1310. The highest BCUT2D eigenvalue weighted by Crippen LogP contribution is 2.22. The molecule has 0 aliphatic carbocycles. The zero-order valence-corrected chi connectivity index (χ0v) is 23.8.